The van der Waals surface area contributed by atoms with Crippen molar-refractivity contribution in [2.45, 2.75) is 46.1 Å². The van der Waals surface area contributed by atoms with Crippen LogP contribution in [-0.4, -0.2) is 36.2 Å². The first-order chi connectivity index (χ1) is 11.0. The number of hydrogen-bond acceptors (Lipinski definition) is 4. The predicted molar refractivity (Wildman–Crippen MR) is 89.0 cm³/mol. The largest absolute Gasteiger partial charge is 0.450 e. The maximum atomic E-state index is 11.9. The van der Waals surface area contributed by atoms with Crippen LogP contribution in [-0.2, 0) is 16.0 Å². The molecule has 0 aliphatic rings. The van der Waals surface area contributed by atoms with Crippen LogP contribution < -0.4 is 10.6 Å². The average Bonchev–Trinajstić information content (AvgIpc) is 2.51. The van der Waals surface area contributed by atoms with Crippen molar-refractivity contribution < 1.29 is 14.3 Å². The first-order valence-corrected chi connectivity index (χ1v) is 8.10. The van der Waals surface area contributed by atoms with E-state index in [-0.39, 0.29) is 11.9 Å². The molecule has 1 aromatic heterocycles. The smallest absolute Gasteiger partial charge is 0.407 e. The standard InChI is InChI=1S/C17H27N3O3/c1-4-23-17(22)20-15(10-13(2)3)12-19-16(21)8-7-14-6-5-9-18-11-14/h5-6,9,11,13,15H,4,7-8,10,12H2,1-3H3,(H,19,21)(H,20,22)/t15-/m0/s1. The summed E-state index contributed by atoms with van der Waals surface area (Å²) in [4.78, 5) is 27.5. The Morgan fingerprint density at radius 3 is 2.74 bits per heavy atom. The average molecular weight is 321 g/mol. The number of rotatable bonds is 9. The summed E-state index contributed by atoms with van der Waals surface area (Å²) in [6.45, 7) is 6.64. The Kier molecular flexibility index (Phi) is 8.72. The fraction of sp³-hybridized carbons (Fsp3) is 0.588. The SMILES string of the molecule is CCOC(=O)N[C@H](CNC(=O)CCc1cccnc1)CC(C)C. The number of amides is 2. The van der Waals surface area contributed by atoms with Crippen molar-refractivity contribution in [1.29, 1.82) is 0 Å². The molecule has 0 bridgehead atoms. The number of pyridine rings is 1. The molecule has 6 heteroatoms. The van der Waals surface area contributed by atoms with E-state index in [1.54, 1.807) is 19.3 Å². The van der Waals surface area contributed by atoms with Gasteiger partial charge in [0.05, 0.1) is 6.61 Å². The van der Waals surface area contributed by atoms with E-state index in [2.05, 4.69) is 29.5 Å². The number of carbonyl (C=O) groups excluding carboxylic acids is 2. The van der Waals surface area contributed by atoms with Crippen molar-refractivity contribution in [3.05, 3.63) is 30.1 Å². The Hall–Kier alpha value is -2.11. The summed E-state index contributed by atoms with van der Waals surface area (Å²) in [6.07, 6.45) is 4.86. The van der Waals surface area contributed by atoms with Crippen LogP contribution >= 0.6 is 0 Å². The van der Waals surface area contributed by atoms with Crippen molar-refractivity contribution in [2.24, 2.45) is 5.92 Å². The van der Waals surface area contributed by atoms with Gasteiger partial charge in [0.2, 0.25) is 5.91 Å². The van der Waals surface area contributed by atoms with Crippen LogP contribution in [0.4, 0.5) is 4.79 Å². The van der Waals surface area contributed by atoms with Gasteiger partial charge in [-0.2, -0.15) is 0 Å². The maximum absolute atomic E-state index is 11.9. The third-order valence-corrected chi connectivity index (χ3v) is 3.26. The summed E-state index contributed by atoms with van der Waals surface area (Å²) in [5.41, 5.74) is 1.03. The molecule has 1 rings (SSSR count). The van der Waals surface area contributed by atoms with Gasteiger partial charge in [-0.25, -0.2) is 4.79 Å². The van der Waals surface area contributed by atoms with Gasteiger partial charge in [0.1, 0.15) is 0 Å². The molecule has 0 fully saturated rings. The molecule has 0 aliphatic carbocycles. The highest BCUT2D eigenvalue weighted by Crippen LogP contribution is 2.05. The van der Waals surface area contributed by atoms with E-state index in [0.29, 0.717) is 31.9 Å². The number of ether oxygens (including phenoxy) is 1. The molecule has 1 atom stereocenters. The van der Waals surface area contributed by atoms with Gasteiger partial charge < -0.3 is 15.4 Å². The summed E-state index contributed by atoms with van der Waals surface area (Å²) >= 11 is 0. The van der Waals surface area contributed by atoms with Gasteiger partial charge in [0.25, 0.3) is 0 Å². The summed E-state index contributed by atoms with van der Waals surface area (Å²) in [7, 11) is 0. The van der Waals surface area contributed by atoms with Gasteiger partial charge in [-0.15, -0.1) is 0 Å². The molecule has 23 heavy (non-hydrogen) atoms. The van der Waals surface area contributed by atoms with E-state index < -0.39 is 6.09 Å². The topological polar surface area (TPSA) is 80.3 Å². The molecular weight excluding hydrogens is 294 g/mol. The fourth-order valence-corrected chi connectivity index (χ4v) is 2.23. The van der Waals surface area contributed by atoms with Crippen LogP contribution in [0.25, 0.3) is 0 Å². The molecule has 0 aromatic carbocycles. The maximum Gasteiger partial charge on any atom is 0.407 e. The molecule has 1 aromatic rings. The zero-order valence-electron chi connectivity index (χ0n) is 14.2. The number of nitrogens with one attached hydrogen (secondary N) is 2. The second-order valence-electron chi connectivity index (χ2n) is 5.86. The van der Waals surface area contributed by atoms with E-state index in [1.807, 2.05) is 12.1 Å². The molecule has 2 N–H and O–H groups in total. The lowest BCUT2D eigenvalue weighted by Gasteiger charge is -2.20. The Morgan fingerprint density at radius 2 is 2.13 bits per heavy atom. The predicted octanol–water partition coefficient (Wildman–Crippen LogP) is 2.29. The Bertz CT molecular complexity index is 477. The van der Waals surface area contributed by atoms with Crippen LogP contribution in [0, 0.1) is 5.92 Å². The van der Waals surface area contributed by atoms with Crippen LogP contribution in [0.1, 0.15) is 39.2 Å². The highest BCUT2D eigenvalue weighted by Gasteiger charge is 2.15. The van der Waals surface area contributed by atoms with E-state index in [4.69, 9.17) is 4.74 Å². The molecule has 6 nitrogen and oxygen atoms in total. The van der Waals surface area contributed by atoms with Crippen molar-refractivity contribution in [3.8, 4) is 0 Å². The fourth-order valence-electron chi connectivity index (χ4n) is 2.23. The van der Waals surface area contributed by atoms with Gasteiger partial charge in [0, 0.05) is 31.4 Å². The van der Waals surface area contributed by atoms with Gasteiger partial charge in [-0.1, -0.05) is 19.9 Å². The van der Waals surface area contributed by atoms with Crippen LogP contribution in [0.5, 0.6) is 0 Å². The third kappa shape index (κ3) is 8.80. The number of nitrogens with zero attached hydrogens (tertiary/aromatic N) is 1. The van der Waals surface area contributed by atoms with Gasteiger partial charge in [-0.3, -0.25) is 9.78 Å². The monoisotopic (exact) mass is 321 g/mol. The quantitative estimate of drug-likeness (QED) is 0.731. The molecular formula is C17H27N3O3. The Labute approximate surface area is 138 Å². The number of carbonyl (C=O) groups is 2. The minimum Gasteiger partial charge on any atom is -0.450 e. The highest BCUT2D eigenvalue weighted by atomic mass is 16.5. The molecule has 0 spiro atoms. The molecule has 0 saturated heterocycles. The number of aryl methyl sites for hydroxylation is 1. The van der Waals surface area contributed by atoms with Crippen LogP contribution in [0.15, 0.2) is 24.5 Å². The second-order valence-corrected chi connectivity index (χ2v) is 5.86. The van der Waals surface area contributed by atoms with Crippen molar-refractivity contribution in [3.63, 3.8) is 0 Å². The molecule has 128 valence electrons. The van der Waals surface area contributed by atoms with E-state index in [0.717, 1.165) is 12.0 Å². The summed E-state index contributed by atoms with van der Waals surface area (Å²) in [5.74, 6) is 0.377. The summed E-state index contributed by atoms with van der Waals surface area (Å²) < 4.78 is 4.90. The second kappa shape index (κ2) is 10.6. The number of hydrogen-bond donors (Lipinski definition) is 2. The van der Waals surface area contributed by atoms with Crippen molar-refractivity contribution >= 4 is 12.0 Å². The Morgan fingerprint density at radius 1 is 1.35 bits per heavy atom. The minimum absolute atomic E-state index is 0.0340. The van der Waals surface area contributed by atoms with Crippen LogP contribution in [0.2, 0.25) is 0 Å². The lowest BCUT2D eigenvalue weighted by molar-refractivity contribution is -0.121. The van der Waals surface area contributed by atoms with Gasteiger partial charge >= 0.3 is 6.09 Å². The summed E-state index contributed by atoms with van der Waals surface area (Å²) in [6, 6.07) is 3.68. The zero-order chi connectivity index (χ0) is 17.1. The van der Waals surface area contributed by atoms with E-state index >= 15 is 0 Å². The molecule has 0 unspecified atom stereocenters. The van der Waals surface area contributed by atoms with Crippen LogP contribution in [0.3, 0.4) is 0 Å². The zero-order valence-corrected chi connectivity index (χ0v) is 14.2. The lowest BCUT2D eigenvalue weighted by atomic mass is 10.0. The summed E-state index contributed by atoms with van der Waals surface area (Å²) in [5, 5.41) is 5.67. The molecule has 2 amide bonds. The minimum atomic E-state index is -0.442. The molecule has 0 saturated carbocycles. The third-order valence-electron chi connectivity index (χ3n) is 3.26. The van der Waals surface area contributed by atoms with Crippen molar-refractivity contribution in [2.75, 3.05) is 13.2 Å². The first-order valence-electron chi connectivity index (χ1n) is 8.10. The highest BCUT2D eigenvalue weighted by molar-refractivity contribution is 5.76. The van der Waals surface area contributed by atoms with Gasteiger partial charge in [-0.05, 0) is 37.3 Å². The normalized spacial score (nSPS) is 11.8. The molecule has 0 aliphatic heterocycles. The lowest BCUT2D eigenvalue weighted by Crippen LogP contribution is -2.44. The molecule has 1 heterocycles. The first kappa shape index (κ1) is 18.9. The van der Waals surface area contributed by atoms with Crippen molar-refractivity contribution in [1.82, 2.24) is 15.6 Å². The Balaban J connectivity index is 2.37. The van der Waals surface area contributed by atoms with Gasteiger partial charge in [0.15, 0.2) is 0 Å². The van der Waals surface area contributed by atoms with E-state index in [9.17, 15) is 9.59 Å². The molecule has 0 radical (unpaired) electrons. The number of alkyl carbamates (subject to hydrolysis) is 1. The number of aromatic nitrogens is 1. The van der Waals surface area contributed by atoms with E-state index in [1.165, 1.54) is 0 Å².